The summed E-state index contributed by atoms with van der Waals surface area (Å²) in [5.74, 6) is -0.265. The minimum Gasteiger partial charge on any atom is -0.308 e. The number of hydrogen-bond donors (Lipinski definition) is 1. The molecule has 2 aromatic rings. The number of Topliss-reactive ketones (excluding diaryl/α,β-unsaturated/α-hetero) is 1. The number of sulfonamides is 1. The Hall–Kier alpha value is -2.27. The molecule has 2 aromatic carbocycles. The molecular formula is C23H28F3N3O3S. The third-order valence-corrected chi connectivity index (χ3v) is 7.62. The van der Waals surface area contributed by atoms with Gasteiger partial charge in [0.15, 0.2) is 5.78 Å². The van der Waals surface area contributed by atoms with E-state index in [1.54, 1.807) is 26.2 Å². The first-order chi connectivity index (χ1) is 15.5. The Morgan fingerprint density at radius 2 is 1.73 bits per heavy atom. The lowest BCUT2D eigenvalue weighted by Gasteiger charge is -2.25. The molecule has 1 heterocycles. The van der Waals surface area contributed by atoms with Crippen molar-refractivity contribution in [2.24, 2.45) is 0 Å². The Morgan fingerprint density at radius 3 is 2.30 bits per heavy atom. The lowest BCUT2D eigenvalue weighted by molar-refractivity contribution is -0.137. The number of hydrogen-bond acceptors (Lipinski definition) is 5. The largest absolute Gasteiger partial charge is 0.416 e. The SMILES string of the molecule is CN(C)C(CNCC(=O)c1cccc(S(=O)(=O)N2CCCC2)c1)c1ccc(C(F)(F)F)cc1. The van der Waals surface area contributed by atoms with E-state index in [0.29, 0.717) is 30.8 Å². The molecule has 1 N–H and O–H groups in total. The molecule has 1 fully saturated rings. The van der Waals surface area contributed by atoms with E-state index in [4.69, 9.17) is 0 Å². The maximum Gasteiger partial charge on any atom is 0.416 e. The summed E-state index contributed by atoms with van der Waals surface area (Å²) in [7, 11) is -0.00788. The predicted octanol–water partition coefficient (Wildman–Crippen LogP) is 3.57. The molecule has 1 atom stereocenters. The number of nitrogens with zero attached hydrogens (tertiary/aromatic N) is 2. The van der Waals surface area contributed by atoms with Crippen LogP contribution in [-0.2, 0) is 16.2 Å². The predicted molar refractivity (Wildman–Crippen MR) is 120 cm³/mol. The van der Waals surface area contributed by atoms with Crippen molar-refractivity contribution in [3.8, 4) is 0 Å². The highest BCUT2D eigenvalue weighted by molar-refractivity contribution is 7.89. The van der Waals surface area contributed by atoms with Crippen LogP contribution in [0.25, 0.3) is 0 Å². The standard InChI is InChI=1S/C23H28F3N3O3S/c1-28(2)21(17-8-10-19(11-9-17)23(24,25)26)15-27-16-22(30)18-6-5-7-20(14-18)33(31,32)29-12-3-4-13-29/h5-11,14,21,27H,3-4,12-13,15-16H2,1-2H3. The summed E-state index contributed by atoms with van der Waals surface area (Å²) in [6.45, 7) is 1.27. The Kier molecular flexibility index (Phi) is 7.94. The molecule has 0 bridgehead atoms. The molecule has 0 amide bonds. The fourth-order valence-electron chi connectivity index (χ4n) is 3.82. The molecule has 1 unspecified atom stereocenters. The molecule has 33 heavy (non-hydrogen) atoms. The van der Waals surface area contributed by atoms with Crippen molar-refractivity contribution in [3.63, 3.8) is 0 Å². The van der Waals surface area contributed by atoms with Crippen LogP contribution >= 0.6 is 0 Å². The molecule has 3 rings (SSSR count). The molecule has 0 radical (unpaired) electrons. The van der Waals surface area contributed by atoms with Gasteiger partial charge in [0.25, 0.3) is 0 Å². The number of ketones is 1. The van der Waals surface area contributed by atoms with Crippen molar-refractivity contribution in [1.82, 2.24) is 14.5 Å². The van der Waals surface area contributed by atoms with Gasteiger partial charge in [0.05, 0.1) is 17.0 Å². The number of alkyl halides is 3. The zero-order chi connectivity index (χ0) is 24.2. The van der Waals surface area contributed by atoms with E-state index in [0.717, 1.165) is 25.0 Å². The molecular weight excluding hydrogens is 455 g/mol. The van der Waals surface area contributed by atoms with Crippen molar-refractivity contribution in [2.45, 2.75) is 30.0 Å². The highest BCUT2D eigenvalue weighted by Crippen LogP contribution is 2.30. The molecule has 0 aliphatic carbocycles. The minimum atomic E-state index is -4.40. The lowest BCUT2D eigenvalue weighted by atomic mass is 10.0. The Balaban J connectivity index is 1.64. The Morgan fingerprint density at radius 1 is 1.09 bits per heavy atom. The van der Waals surface area contributed by atoms with E-state index in [1.165, 1.54) is 28.6 Å². The third kappa shape index (κ3) is 6.20. The first kappa shape index (κ1) is 25.4. The highest BCUT2D eigenvalue weighted by Gasteiger charge is 2.30. The fourth-order valence-corrected chi connectivity index (χ4v) is 5.39. The number of carbonyl (C=O) groups is 1. The number of rotatable bonds is 9. The van der Waals surface area contributed by atoms with Crippen LogP contribution in [0.3, 0.4) is 0 Å². The van der Waals surface area contributed by atoms with Gasteiger partial charge in [0.1, 0.15) is 0 Å². The molecule has 180 valence electrons. The summed E-state index contributed by atoms with van der Waals surface area (Å²) >= 11 is 0. The Bertz CT molecular complexity index is 1060. The van der Waals surface area contributed by atoms with Gasteiger partial charge in [-0.25, -0.2) is 8.42 Å². The van der Waals surface area contributed by atoms with E-state index >= 15 is 0 Å². The van der Waals surface area contributed by atoms with E-state index < -0.39 is 21.8 Å². The summed E-state index contributed by atoms with van der Waals surface area (Å²) in [6.07, 6.45) is -2.74. The van der Waals surface area contributed by atoms with Gasteiger partial charge in [-0.1, -0.05) is 24.3 Å². The van der Waals surface area contributed by atoms with Crippen molar-refractivity contribution in [1.29, 1.82) is 0 Å². The number of likely N-dealkylation sites (N-methyl/N-ethyl adjacent to an activating group) is 1. The number of benzene rings is 2. The minimum absolute atomic E-state index is 0.0296. The molecule has 10 heteroatoms. The molecule has 0 spiro atoms. The zero-order valence-electron chi connectivity index (χ0n) is 18.6. The van der Waals surface area contributed by atoms with Crippen LogP contribution in [0.15, 0.2) is 53.4 Å². The zero-order valence-corrected chi connectivity index (χ0v) is 19.4. The van der Waals surface area contributed by atoms with Crippen LogP contribution in [-0.4, -0.2) is 63.7 Å². The first-order valence-electron chi connectivity index (χ1n) is 10.7. The quantitative estimate of drug-likeness (QED) is 0.553. The molecule has 1 aliphatic heterocycles. The van der Waals surface area contributed by atoms with Crippen LogP contribution in [0, 0.1) is 0 Å². The van der Waals surface area contributed by atoms with Gasteiger partial charge in [-0.05, 0) is 56.8 Å². The van der Waals surface area contributed by atoms with Crippen LogP contribution in [0.1, 0.15) is 40.4 Å². The molecule has 0 saturated carbocycles. The van der Waals surface area contributed by atoms with Crippen LogP contribution < -0.4 is 5.32 Å². The number of nitrogens with one attached hydrogen (secondary N) is 1. The van der Waals surface area contributed by atoms with Gasteiger partial charge in [-0.2, -0.15) is 17.5 Å². The monoisotopic (exact) mass is 483 g/mol. The van der Waals surface area contributed by atoms with Crippen LogP contribution in [0.4, 0.5) is 13.2 Å². The van der Waals surface area contributed by atoms with Crippen molar-refractivity contribution in [2.75, 3.05) is 40.3 Å². The first-order valence-corrected chi connectivity index (χ1v) is 12.1. The van der Waals surface area contributed by atoms with Gasteiger partial charge in [0, 0.05) is 31.2 Å². The third-order valence-electron chi connectivity index (χ3n) is 5.73. The maximum absolute atomic E-state index is 12.8. The fraction of sp³-hybridized carbons (Fsp3) is 0.435. The molecule has 1 saturated heterocycles. The summed E-state index contributed by atoms with van der Waals surface area (Å²) in [5.41, 5.74) is 0.265. The number of carbonyl (C=O) groups excluding carboxylic acids is 1. The molecule has 0 aromatic heterocycles. The summed E-state index contributed by atoms with van der Waals surface area (Å²) < 4.78 is 65.4. The Labute approximate surface area is 192 Å². The second-order valence-electron chi connectivity index (χ2n) is 8.29. The topological polar surface area (TPSA) is 69.7 Å². The normalized spacial score (nSPS) is 16.3. The second kappa shape index (κ2) is 10.3. The average Bonchev–Trinajstić information content (AvgIpc) is 3.32. The van der Waals surface area contributed by atoms with Crippen molar-refractivity contribution in [3.05, 3.63) is 65.2 Å². The van der Waals surface area contributed by atoms with Crippen molar-refractivity contribution >= 4 is 15.8 Å². The van der Waals surface area contributed by atoms with E-state index in [-0.39, 0.29) is 23.3 Å². The van der Waals surface area contributed by atoms with E-state index in [1.807, 2.05) is 4.90 Å². The summed E-state index contributed by atoms with van der Waals surface area (Å²) in [4.78, 5) is 14.6. The summed E-state index contributed by atoms with van der Waals surface area (Å²) in [6, 6.07) is 10.7. The molecule has 1 aliphatic rings. The van der Waals surface area contributed by atoms with E-state index in [2.05, 4.69) is 5.32 Å². The maximum atomic E-state index is 12.8. The van der Waals surface area contributed by atoms with Gasteiger partial charge in [0.2, 0.25) is 10.0 Å². The highest BCUT2D eigenvalue weighted by atomic mass is 32.2. The van der Waals surface area contributed by atoms with Gasteiger partial charge in [-0.15, -0.1) is 0 Å². The van der Waals surface area contributed by atoms with Crippen molar-refractivity contribution < 1.29 is 26.4 Å². The van der Waals surface area contributed by atoms with Gasteiger partial charge < -0.3 is 10.2 Å². The van der Waals surface area contributed by atoms with Gasteiger partial charge >= 0.3 is 6.18 Å². The second-order valence-corrected chi connectivity index (χ2v) is 10.2. The van der Waals surface area contributed by atoms with Gasteiger partial charge in [-0.3, -0.25) is 4.79 Å². The average molecular weight is 484 g/mol. The van der Waals surface area contributed by atoms with Crippen LogP contribution in [0.5, 0.6) is 0 Å². The lowest BCUT2D eigenvalue weighted by Crippen LogP contribution is -2.34. The van der Waals surface area contributed by atoms with E-state index in [9.17, 15) is 26.4 Å². The summed E-state index contributed by atoms with van der Waals surface area (Å²) in [5, 5.41) is 3.05. The van der Waals surface area contributed by atoms with Crippen LogP contribution in [0.2, 0.25) is 0 Å². The smallest absolute Gasteiger partial charge is 0.308 e. The number of halogens is 3. The molecule has 6 nitrogen and oxygen atoms in total.